The van der Waals surface area contributed by atoms with Gasteiger partial charge in [0.15, 0.2) is 5.84 Å². The van der Waals surface area contributed by atoms with Crippen LogP contribution in [0.25, 0.3) is 0 Å². The number of benzene rings is 1. The van der Waals surface area contributed by atoms with E-state index in [0.717, 1.165) is 0 Å². The van der Waals surface area contributed by atoms with Crippen molar-refractivity contribution in [3.05, 3.63) is 52.6 Å². The average molecular weight is 306 g/mol. The van der Waals surface area contributed by atoms with Crippen LogP contribution in [-0.4, -0.2) is 26.9 Å². The molecule has 0 spiro atoms. The maximum atomic E-state index is 12.0. The quantitative estimate of drug-likeness (QED) is 0.346. The number of carbonyl (C=O) groups is 1. The molecule has 7 nitrogen and oxygen atoms in total. The molecule has 1 heterocycles. The molecule has 1 aromatic carbocycles. The molecule has 0 bridgehead atoms. The van der Waals surface area contributed by atoms with Crippen molar-refractivity contribution in [3.8, 4) is 0 Å². The number of oxime groups is 1. The molecule has 0 saturated heterocycles. The van der Waals surface area contributed by atoms with Gasteiger partial charge in [-0.2, -0.15) is 0 Å². The number of hydrogen-bond acceptors (Lipinski definition) is 5. The first-order valence-corrected chi connectivity index (χ1v) is 6.26. The topological polar surface area (TPSA) is 113 Å². The lowest BCUT2D eigenvalue weighted by atomic mass is 10.2. The van der Waals surface area contributed by atoms with Gasteiger partial charge in [0.25, 0.3) is 5.91 Å². The van der Waals surface area contributed by atoms with E-state index in [4.69, 9.17) is 22.5 Å². The number of rotatable bonds is 3. The molecule has 0 radical (unpaired) electrons. The SMILES string of the molecule is Cc1cnc(C(=O)Nc2cc(/C(N)=N/O)ccc2Cl)cn1. The number of nitrogens with two attached hydrogens (primary N) is 1. The summed E-state index contributed by atoms with van der Waals surface area (Å²) in [6.45, 7) is 1.77. The predicted octanol–water partition coefficient (Wildman–Crippen LogP) is 1.79. The zero-order valence-electron chi connectivity index (χ0n) is 11.0. The smallest absolute Gasteiger partial charge is 0.275 e. The predicted molar refractivity (Wildman–Crippen MR) is 78.7 cm³/mol. The van der Waals surface area contributed by atoms with Crippen molar-refractivity contribution in [2.75, 3.05) is 5.32 Å². The van der Waals surface area contributed by atoms with E-state index in [-0.39, 0.29) is 11.5 Å². The fourth-order valence-electron chi connectivity index (χ4n) is 1.53. The second kappa shape index (κ2) is 6.19. The summed E-state index contributed by atoms with van der Waals surface area (Å²) in [5, 5.41) is 14.5. The summed E-state index contributed by atoms with van der Waals surface area (Å²) < 4.78 is 0. The van der Waals surface area contributed by atoms with E-state index >= 15 is 0 Å². The Balaban J connectivity index is 2.26. The zero-order valence-corrected chi connectivity index (χ0v) is 11.8. The van der Waals surface area contributed by atoms with Gasteiger partial charge in [-0.1, -0.05) is 16.8 Å². The van der Waals surface area contributed by atoms with Gasteiger partial charge in [0.2, 0.25) is 0 Å². The summed E-state index contributed by atoms with van der Waals surface area (Å²) in [6, 6.07) is 4.60. The minimum absolute atomic E-state index is 0.0858. The number of aromatic nitrogens is 2. The molecule has 4 N–H and O–H groups in total. The molecule has 0 aliphatic rings. The number of aryl methyl sites for hydroxylation is 1. The van der Waals surface area contributed by atoms with Crippen LogP contribution >= 0.6 is 11.6 Å². The van der Waals surface area contributed by atoms with Gasteiger partial charge in [0.1, 0.15) is 5.69 Å². The zero-order chi connectivity index (χ0) is 15.4. The van der Waals surface area contributed by atoms with Gasteiger partial charge in [-0.15, -0.1) is 0 Å². The van der Waals surface area contributed by atoms with Gasteiger partial charge in [0, 0.05) is 11.8 Å². The van der Waals surface area contributed by atoms with Crippen LogP contribution in [0.3, 0.4) is 0 Å². The Hall–Kier alpha value is -2.67. The molecule has 0 atom stereocenters. The molecule has 0 unspecified atom stereocenters. The second-order valence-electron chi connectivity index (χ2n) is 4.18. The van der Waals surface area contributed by atoms with Gasteiger partial charge in [0.05, 0.1) is 22.6 Å². The lowest BCUT2D eigenvalue weighted by Crippen LogP contribution is -2.16. The Morgan fingerprint density at radius 3 is 2.76 bits per heavy atom. The highest BCUT2D eigenvalue weighted by Crippen LogP contribution is 2.23. The summed E-state index contributed by atoms with van der Waals surface area (Å²) in [4.78, 5) is 20.0. The molecule has 2 aromatic rings. The first-order valence-electron chi connectivity index (χ1n) is 5.88. The van der Waals surface area contributed by atoms with E-state index in [2.05, 4.69) is 20.4 Å². The van der Waals surface area contributed by atoms with Gasteiger partial charge >= 0.3 is 0 Å². The molecule has 0 fully saturated rings. The highest BCUT2D eigenvalue weighted by atomic mass is 35.5. The minimum Gasteiger partial charge on any atom is -0.409 e. The number of hydrogen-bond donors (Lipinski definition) is 3. The molecule has 108 valence electrons. The number of halogens is 1. The van der Waals surface area contributed by atoms with Crippen LogP contribution in [0.2, 0.25) is 5.02 Å². The lowest BCUT2D eigenvalue weighted by Gasteiger charge is -2.08. The van der Waals surface area contributed by atoms with Gasteiger partial charge < -0.3 is 16.3 Å². The van der Waals surface area contributed by atoms with Crippen molar-refractivity contribution >= 4 is 29.0 Å². The normalized spacial score (nSPS) is 11.2. The molecule has 2 rings (SSSR count). The van der Waals surface area contributed by atoms with Gasteiger partial charge in [-0.05, 0) is 25.1 Å². The van der Waals surface area contributed by atoms with Crippen molar-refractivity contribution in [3.63, 3.8) is 0 Å². The van der Waals surface area contributed by atoms with Crippen molar-refractivity contribution < 1.29 is 10.0 Å². The third kappa shape index (κ3) is 3.46. The fourth-order valence-corrected chi connectivity index (χ4v) is 1.70. The summed E-state index contributed by atoms with van der Waals surface area (Å²) in [7, 11) is 0. The number of carbonyl (C=O) groups excluding carboxylic acids is 1. The van der Waals surface area contributed by atoms with Crippen LogP contribution in [0.5, 0.6) is 0 Å². The molecule has 0 saturated carbocycles. The molecule has 21 heavy (non-hydrogen) atoms. The standard InChI is InChI=1S/C13H12ClN5O2/c1-7-5-17-11(6-16-7)13(20)18-10-4-8(12(15)19-21)2-3-9(10)14/h2-6,21H,1H3,(H2,15,19)(H,18,20). The Morgan fingerprint density at radius 2 is 2.14 bits per heavy atom. The van der Waals surface area contributed by atoms with Crippen molar-refractivity contribution in [1.29, 1.82) is 0 Å². The highest BCUT2D eigenvalue weighted by Gasteiger charge is 2.12. The minimum atomic E-state index is -0.457. The lowest BCUT2D eigenvalue weighted by molar-refractivity contribution is 0.102. The number of amidine groups is 1. The summed E-state index contributed by atoms with van der Waals surface area (Å²) in [5.41, 5.74) is 7.11. The largest absolute Gasteiger partial charge is 0.409 e. The second-order valence-corrected chi connectivity index (χ2v) is 4.58. The molecule has 1 amide bonds. The summed E-state index contributed by atoms with van der Waals surface area (Å²) >= 11 is 6.01. The maximum absolute atomic E-state index is 12.0. The van der Waals surface area contributed by atoms with E-state index in [1.54, 1.807) is 13.0 Å². The number of anilines is 1. The Labute approximate surface area is 125 Å². The number of amides is 1. The number of nitrogens with zero attached hydrogens (tertiary/aromatic N) is 3. The molecule has 0 aliphatic heterocycles. The molecule has 0 aliphatic carbocycles. The van der Waals surface area contributed by atoms with Crippen LogP contribution < -0.4 is 11.1 Å². The fraction of sp³-hybridized carbons (Fsp3) is 0.0769. The summed E-state index contributed by atoms with van der Waals surface area (Å²) in [5.74, 6) is -0.543. The van der Waals surface area contributed by atoms with E-state index in [0.29, 0.717) is 22.0 Å². The van der Waals surface area contributed by atoms with E-state index < -0.39 is 5.91 Å². The van der Waals surface area contributed by atoms with Crippen LogP contribution in [0.4, 0.5) is 5.69 Å². The van der Waals surface area contributed by atoms with Gasteiger partial charge in [-0.25, -0.2) is 4.98 Å². The Kier molecular flexibility index (Phi) is 4.34. The average Bonchev–Trinajstić information content (AvgIpc) is 2.49. The van der Waals surface area contributed by atoms with Crippen molar-refractivity contribution in [1.82, 2.24) is 9.97 Å². The highest BCUT2D eigenvalue weighted by molar-refractivity contribution is 6.34. The molecular formula is C13H12ClN5O2. The van der Waals surface area contributed by atoms with Crippen LogP contribution in [0.1, 0.15) is 21.7 Å². The third-order valence-corrected chi connectivity index (χ3v) is 2.96. The Morgan fingerprint density at radius 1 is 1.38 bits per heavy atom. The number of nitrogens with one attached hydrogen (secondary N) is 1. The van der Waals surface area contributed by atoms with Crippen LogP contribution in [-0.2, 0) is 0 Å². The third-order valence-electron chi connectivity index (χ3n) is 2.63. The van der Waals surface area contributed by atoms with E-state index in [9.17, 15) is 4.79 Å². The molecular weight excluding hydrogens is 294 g/mol. The van der Waals surface area contributed by atoms with E-state index in [1.807, 2.05) is 0 Å². The first-order chi connectivity index (χ1) is 10.0. The van der Waals surface area contributed by atoms with E-state index in [1.165, 1.54) is 24.5 Å². The maximum Gasteiger partial charge on any atom is 0.275 e. The molecule has 8 heteroatoms. The van der Waals surface area contributed by atoms with Gasteiger partial charge in [-0.3, -0.25) is 9.78 Å². The summed E-state index contributed by atoms with van der Waals surface area (Å²) in [6.07, 6.45) is 2.86. The monoisotopic (exact) mass is 305 g/mol. The van der Waals surface area contributed by atoms with Crippen molar-refractivity contribution in [2.45, 2.75) is 6.92 Å². The van der Waals surface area contributed by atoms with Crippen LogP contribution in [0, 0.1) is 6.92 Å². The van der Waals surface area contributed by atoms with Crippen molar-refractivity contribution in [2.24, 2.45) is 10.9 Å². The first kappa shape index (κ1) is 14.7. The van der Waals surface area contributed by atoms with Crippen LogP contribution in [0.15, 0.2) is 35.7 Å². The molecule has 1 aromatic heterocycles. The Bertz CT molecular complexity index is 700.